The summed E-state index contributed by atoms with van der Waals surface area (Å²) in [6, 6.07) is 8.62. The molecule has 3 amide bonds. The molecule has 1 heterocycles. The average Bonchev–Trinajstić information content (AvgIpc) is 3.52. The molecule has 2 fully saturated rings. The first-order valence-corrected chi connectivity index (χ1v) is 9.89. The van der Waals surface area contributed by atoms with E-state index in [2.05, 4.69) is 16.7 Å². The first kappa shape index (κ1) is 21.3. The van der Waals surface area contributed by atoms with Gasteiger partial charge in [-0.25, -0.2) is 0 Å². The van der Waals surface area contributed by atoms with E-state index in [-0.39, 0.29) is 11.8 Å². The number of hydrogen-bond donors (Lipinski definition) is 2. The van der Waals surface area contributed by atoms with Crippen LogP contribution in [0.5, 0.6) is 0 Å². The molecule has 9 nitrogen and oxygen atoms in total. The minimum atomic E-state index is -0.955. The molecule has 9 heteroatoms. The van der Waals surface area contributed by atoms with Crippen LogP contribution in [0.25, 0.3) is 0 Å². The Hall–Kier alpha value is -3.41. The van der Waals surface area contributed by atoms with Crippen molar-refractivity contribution in [2.75, 3.05) is 24.6 Å². The van der Waals surface area contributed by atoms with E-state index < -0.39 is 36.5 Å². The molecular weight excluding hydrogens is 388 g/mol. The molecule has 1 saturated heterocycles. The van der Waals surface area contributed by atoms with E-state index >= 15 is 0 Å². The maximum Gasteiger partial charge on any atom is 0.325 e. The lowest BCUT2D eigenvalue weighted by Gasteiger charge is -2.22. The fraction of sp³-hybridized carbons (Fsp3) is 0.476. The van der Waals surface area contributed by atoms with Crippen LogP contribution in [0.3, 0.4) is 0 Å². The maximum atomic E-state index is 12.2. The third-order valence-electron chi connectivity index (χ3n) is 5.30. The van der Waals surface area contributed by atoms with Crippen molar-refractivity contribution in [3.63, 3.8) is 0 Å². The van der Waals surface area contributed by atoms with Crippen molar-refractivity contribution in [2.24, 2.45) is 5.92 Å². The standard InChI is InChI=1S/C21H24N4O5/c1-21(13-22,15-6-7-15)24-17(26)12-30-19(28)11-23-20(29)14-4-8-16(9-5-14)25-10-2-3-18(25)27/h4-5,8-9,15H,2-3,6-7,10-12H2,1H3,(H,23,29)(H,24,26)/t21-/m0/s1. The Kier molecular flexibility index (Phi) is 6.35. The summed E-state index contributed by atoms with van der Waals surface area (Å²) >= 11 is 0. The van der Waals surface area contributed by atoms with E-state index in [4.69, 9.17) is 4.74 Å². The predicted molar refractivity (Wildman–Crippen MR) is 106 cm³/mol. The molecule has 2 aliphatic rings. The van der Waals surface area contributed by atoms with Crippen molar-refractivity contribution >= 4 is 29.4 Å². The van der Waals surface area contributed by atoms with Crippen LogP contribution in [0.4, 0.5) is 5.69 Å². The summed E-state index contributed by atoms with van der Waals surface area (Å²) in [6.07, 6.45) is 3.10. The van der Waals surface area contributed by atoms with E-state index in [0.717, 1.165) is 24.9 Å². The summed E-state index contributed by atoms with van der Waals surface area (Å²) in [7, 11) is 0. The summed E-state index contributed by atoms with van der Waals surface area (Å²) in [5.41, 5.74) is 0.115. The minimum Gasteiger partial charge on any atom is -0.454 e. The highest BCUT2D eigenvalue weighted by atomic mass is 16.5. The lowest BCUT2D eigenvalue weighted by molar-refractivity contribution is -0.147. The van der Waals surface area contributed by atoms with E-state index in [1.807, 2.05) is 0 Å². The molecular formula is C21H24N4O5. The lowest BCUT2D eigenvalue weighted by Crippen LogP contribution is -2.48. The van der Waals surface area contributed by atoms with Gasteiger partial charge in [0, 0.05) is 24.2 Å². The van der Waals surface area contributed by atoms with Crippen molar-refractivity contribution in [1.29, 1.82) is 5.26 Å². The van der Waals surface area contributed by atoms with Crippen LogP contribution in [0.15, 0.2) is 24.3 Å². The molecule has 0 unspecified atom stereocenters. The van der Waals surface area contributed by atoms with Crippen molar-refractivity contribution in [2.45, 2.75) is 38.1 Å². The van der Waals surface area contributed by atoms with Crippen molar-refractivity contribution in [3.8, 4) is 6.07 Å². The minimum absolute atomic E-state index is 0.0613. The van der Waals surface area contributed by atoms with Crippen molar-refractivity contribution in [1.82, 2.24) is 10.6 Å². The second kappa shape index (κ2) is 8.95. The lowest BCUT2D eigenvalue weighted by atomic mass is 9.98. The fourth-order valence-corrected chi connectivity index (χ4v) is 3.37. The van der Waals surface area contributed by atoms with Crippen LogP contribution in [-0.2, 0) is 19.1 Å². The quantitative estimate of drug-likeness (QED) is 0.610. The molecule has 1 aromatic carbocycles. The molecule has 30 heavy (non-hydrogen) atoms. The zero-order chi connectivity index (χ0) is 21.7. The van der Waals surface area contributed by atoms with Crippen LogP contribution in [0.2, 0.25) is 0 Å². The SMILES string of the molecule is C[C@@](C#N)(NC(=O)COC(=O)CNC(=O)c1ccc(N2CCCC2=O)cc1)C1CC1. The fourth-order valence-electron chi connectivity index (χ4n) is 3.37. The van der Waals surface area contributed by atoms with E-state index in [9.17, 15) is 24.4 Å². The number of hydrogen-bond acceptors (Lipinski definition) is 6. The van der Waals surface area contributed by atoms with Gasteiger partial charge in [-0.3, -0.25) is 19.2 Å². The largest absolute Gasteiger partial charge is 0.454 e. The third kappa shape index (κ3) is 5.14. The predicted octanol–water partition coefficient (Wildman–Crippen LogP) is 0.895. The highest BCUT2D eigenvalue weighted by molar-refractivity contribution is 5.98. The number of esters is 1. The molecule has 0 aromatic heterocycles. The third-order valence-corrected chi connectivity index (χ3v) is 5.30. The van der Waals surface area contributed by atoms with Crippen LogP contribution >= 0.6 is 0 Å². The smallest absolute Gasteiger partial charge is 0.325 e. The summed E-state index contributed by atoms with van der Waals surface area (Å²) in [6.45, 7) is 1.40. The molecule has 1 aliphatic carbocycles. The van der Waals surface area contributed by atoms with Crippen molar-refractivity contribution < 1.29 is 23.9 Å². The summed E-state index contributed by atoms with van der Waals surface area (Å²) < 4.78 is 4.86. The molecule has 0 bridgehead atoms. The molecule has 0 radical (unpaired) electrons. The van der Waals surface area contributed by atoms with Gasteiger partial charge in [0.25, 0.3) is 11.8 Å². The number of carbonyl (C=O) groups excluding carboxylic acids is 4. The zero-order valence-corrected chi connectivity index (χ0v) is 16.8. The van der Waals surface area contributed by atoms with Gasteiger partial charge in [0.1, 0.15) is 12.1 Å². The Morgan fingerprint density at radius 1 is 1.27 bits per heavy atom. The van der Waals surface area contributed by atoms with E-state index in [1.165, 1.54) is 0 Å². The molecule has 1 aromatic rings. The second-order valence-corrected chi connectivity index (χ2v) is 7.68. The molecule has 2 N–H and O–H groups in total. The Labute approximate surface area is 174 Å². The number of nitrogens with one attached hydrogen (secondary N) is 2. The first-order chi connectivity index (χ1) is 14.3. The Balaban J connectivity index is 1.41. The highest BCUT2D eigenvalue weighted by Crippen LogP contribution is 2.39. The van der Waals surface area contributed by atoms with E-state index in [0.29, 0.717) is 18.5 Å². The first-order valence-electron chi connectivity index (χ1n) is 9.89. The number of ether oxygens (including phenoxy) is 1. The summed E-state index contributed by atoms with van der Waals surface area (Å²) in [5, 5.41) is 14.2. The van der Waals surface area contributed by atoms with Crippen LogP contribution in [-0.4, -0.2) is 48.9 Å². The Morgan fingerprint density at radius 3 is 2.53 bits per heavy atom. The van der Waals surface area contributed by atoms with Crippen LogP contribution in [0.1, 0.15) is 43.0 Å². The topological polar surface area (TPSA) is 129 Å². The Morgan fingerprint density at radius 2 is 1.97 bits per heavy atom. The number of nitrogens with zero attached hydrogens (tertiary/aromatic N) is 2. The van der Waals surface area contributed by atoms with Crippen LogP contribution < -0.4 is 15.5 Å². The van der Waals surface area contributed by atoms with Gasteiger partial charge in [0.05, 0.1) is 6.07 Å². The van der Waals surface area contributed by atoms with Gasteiger partial charge in [-0.15, -0.1) is 0 Å². The van der Waals surface area contributed by atoms with Gasteiger partial charge in [-0.1, -0.05) is 0 Å². The number of benzene rings is 1. The molecule has 1 atom stereocenters. The van der Waals surface area contributed by atoms with E-state index in [1.54, 1.807) is 36.1 Å². The summed E-state index contributed by atoms with van der Waals surface area (Å²) in [5.74, 6) is -1.61. The molecule has 158 valence electrons. The van der Waals surface area contributed by atoms with Crippen molar-refractivity contribution in [3.05, 3.63) is 29.8 Å². The number of amides is 3. The molecule has 0 spiro atoms. The van der Waals surface area contributed by atoms with Crippen LogP contribution in [0, 0.1) is 17.2 Å². The number of nitriles is 1. The normalized spacial score (nSPS) is 17.6. The van der Waals surface area contributed by atoms with Gasteiger partial charge < -0.3 is 20.3 Å². The Bertz CT molecular complexity index is 888. The number of rotatable bonds is 8. The van der Waals surface area contributed by atoms with Gasteiger partial charge in [0.2, 0.25) is 5.91 Å². The second-order valence-electron chi connectivity index (χ2n) is 7.68. The van der Waals surface area contributed by atoms with Gasteiger partial charge in [-0.05, 0) is 56.4 Å². The van der Waals surface area contributed by atoms with Gasteiger partial charge in [0.15, 0.2) is 6.61 Å². The molecule has 1 aliphatic heterocycles. The average molecular weight is 412 g/mol. The highest BCUT2D eigenvalue weighted by Gasteiger charge is 2.43. The monoisotopic (exact) mass is 412 g/mol. The summed E-state index contributed by atoms with van der Waals surface area (Å²) in [4.78, 5) is 49.3. The zero-order valence-electron chi connectivity index (χ0n) is 16.8. The maximum absolute atomic E-state index is 12.2. The molecule has 1 saturated carbocycles. The number of carbonyl (C=O) groups is 4. The van der Waals surface area contributed by atoms with Gasteiger partial charge in [-0.2, -0.15) is 5.26 Å². The van der Waals surface area contributed by atoms with Gasteiger partial charge >= 0.3 is 5.97 Å². The molecule has 3 rings (SSSR count). The number of anilines is 1.